The smallest absolute Gasteiger partial charge is 0.248 e. The highest BCUT2D eigenvalue weighted by atomic mass is 32.2. The number of nitrogens with zero attached hydrogens (tertiary/aromatic N) is 1. The maximum Gasteiger partial charge on any atom is 0.248 e. The van der Waals surface area contributed by atoms with E-state index < -0.39 is 0 Å². The van der Waals surface area contributed by atoms with Crippen molar-refractivity contribution in [1.29, 1.82) is 0 Å². The standard InChI is InChI=1S/C20H35N5O2S3/c1-3-5-12-10-15-14(11-25(12)4-2)22-19(30-15)17(27)23-18-13(6-8-28-18)16(26)24-20-21-7-9-29-20/h12-15,18-22H,3-11H2,1-2H3,(H,23,27)(H,24,26). The molecule has 7 atom stereocenters. The van der Waals surface area contributed by atoms with E-state index in [-0.39, 0.29) is 34.0 Å². The quantitative estimate of drug-likeness (QED) is 0.439. The number of rotatable bonds is 7. The lowest BCUT2D eigenvalue weighted by molar-refractivity contribution is -0.126. The van der Waals surface area contributed by atoms with E-state index >= 15 is 0 Å². The van der Waals surface area contributed by atoms with Crippen LogP contribution < -0.4 is 21.3 Å². The molecule has 0 radical (unpaired) electrons. The summed E-state index contributed by atoms with van der Waals surface area (Å²) in [5.41, 5.74) is 0.00667. The fraction of sp³-hybridized carbons (Fsp3) is 0.900. The number of fused-ring (bicyclic) bond motifs is 1. The first-order valence-corrected chi connectivity index (χ1v) is 14.4. The molecule has 0 spiro atoms. The number of piperidine rings is 1. The molecule has 170 valence electrons. The maximum absolute atomic E-state index is 13.0. The molecule has 0 saturated carbocycles. The molecule has 0 aromatic heterocycles. The number of likely N-dealkylation sites (N-methyl/N-ethyl adjacent to an activating group) is 1. The molecule has 4 N–H and O–H groups in total. The Morgan fingerprint density at radius 1 is 1.13 bits per heavy atom. The van der Waals surface area contributed by atoms with Gasteiger partial charge in [-0.1, -0.05) is 20.3 Å². The Hall–Kier alpha value is -0.130. The van der Waals surface area contributed by atoms with Crippen LogP contribution in [0.5, 0.6) is 0 Å². The number of carbonyl (C=O) groups is 2. The summed E-state index contributed by atoms with van der Waals surface area (Å²) in [5, 5.41) is 13.3. The van der Waals surface area contributed by atoms with Gasteiger partial charge in [0.05, 0.1) is 11.3 Å². The second-order valence-electron chi connectivity index (χ2n) is 8.50. The fourth-order valence-electron chi connectivity index (χ4n) is 4.95. The van der Waals surface area contributed by atoms with Crippen LogP contribution in [0.25, 0.3) is 0 Å². The first-order valence-electron chi connectivity index (χ1n) is 11.3. The van der Waals surface area contributed by atoms with E-state index in [4.69, 9.17) is 0 Å². The minimum Gasteiger partial charge on any atom is -0.341 e. The topological polar surface area (TPSA) is 85.5 Å². The van der Waals surface area contributed by atoms with Crippen LogP contribution in [-0.2, 0) is 9.59 Å². The van der Waals surface area contributed by atoms with E-state index in [0.29, 0.717) is 17.3 Å². The van der Waals surface area contributed by atoms with E-state index in [9.17, 15) is 9.59 Å². The number of likely N-dealkylation sites (tertiary alicyclic amines) is 1. The lowest BCUT2D eigenvalue weighted by Crippen LogP contribution is -2.55. The van der Waals surface area contributed by atoms with E-state index in [0.717, 1.165) is 44.0 Å². The van der Waals surface area contributed by atoms with Crippen LogP contribution in [0, 0.1) is 5.92 Å². The van der Waals surface area contributed by atoms with Gasteiger partial charge >= 0.3 is 0 Å². The van der Waals surface area contributed by atoms with E-state index in [1.807, 2.05) is 0 Å². The van der Waals surface area contributed by atoms with Gasteiger partial charge in [0.1, 0.15) is 10.9 Å². The Bertz CT molecular complexity index is 621. The van der Waals surface area contributed by atoms with Gasteiger partial charge in [0.2, 0.25) is 11.8 Å². The van der Waals surface area contributed by atoms with Gasteiger partial charge in [-0.2, -0.15) is 0 Å². The van der Waals surface area contributed by atoms with Gasteiger partial charge in [-0.25, -0.2) is 0 Å². The largest absolute Gasteiger partial charge is 0.341 e. The molecule has 7 unspecified atom stereocenters. The van der Waals surface area contributed by atoms with Crippen molar-refractivity contribution in [1.82, 2.24) is 26.2 Å². The van der Waals surface area contributed by atoms with Crippen molar-refractivity contribution < 1.29 is 9.59 Å². The van der Waals surface area contributed by atoms with Crippen LogP contribution in [0.2, 0.25) is 0 Å². The molecule has 4 fully saturated rings. The molecule has 30 heavy (non-hydrogen) atoms. The van der Waals surface area contributed by atoms with Crippen LogP contribution in [-0.4, -0.2) is 81.4 Å². The Labute approximate surface area is 192 Å². The highest BCUT2D eigenvalue weighted by Gasteiger charge is 2.45. The van der Waals surface area contributed by atoms with Crippen molar-refractivity contribution in [2.24, 2.45) is 5.92 Å². The summed E-state index contributed by atoms with van der Waals surface area (Å²) in [5.74, 6) is 1.87. The molecule has 4 saturated heterocycles. The SMILES string of the molecule is CCCC1CC2SC(C(=O)NC3SCCC3C(=O)NC3NCCS3)NC2CN1CC. The second kappa shape index (κ2) is 10.7. The average molecular weight is 474 g/mol. The molecule has 0 aromatic rings. The van der Waals surface area contributed by atoms with Crippen molar-refractivity contribution in [3.05, 3.63) is 0 Å². The van der Waals surface area contributed by atoms with Gasteiger partial charge in [0, 0.05) is 36.2 Å². The molecule has 2 amide bonds. The maximum atomic E-state index is 13.0. The minimum atomic E-state index is -0.212. The molecule has 4 rings (SSSR count). The Morgan fingerprint density at radius 3 is 2.73 bits per heavy atom. The number of carbonyl (C=O) groups excluding carboxylic acids is 2. The zero-order chi connectivity index (χ0) is 21.1. The average Bonchev–Trinajstić information content (AvgIpc) is 3.48. The van der Waals surface area contributed by atoms with Crippen molar-refractivity contribution in [2.75, 3.05) is 31.1 Å². The van der Waals surface area contributed by atoms with Crippen molar-refractivity contribution in [3.63, 3.8) is 0 Å². The molecule has 7 nitrogen and oxygen atoms in total. The number of thioether (sulfide) groups is 3. The Morgan fingerprint density at radius 2 is 2.00 bits per heavy atom. The summed E-state index contributed by atoms with van der Waals surface area (Å²) in [6.45, 7) is 7.51. The van der Waals surface area contributed by atoms with Crippen LogP contribution >= 0.6 is 35.3 Å². The fourth-order valence-corrected chi connectivity index (χ4v) is 8.67. The predicted molar refractivity (Wildman–Crippen MR) is 128 cm³/mol. The molecular formula is C20H35N5O2S3. The first kappa shape index (κ1) is 23.0. The molecule has 4 heterocycles. The Kier molecular flexibility index (Phi) is 8.19. The third-order valence-corrected chi connectivity index (χ3v) is 10.4. The molecular weight excluding hydrogens is 438 g/mol. The third-order valence-electron chi connectivity index (χ3n) is 6.55. The van der Waals surface area contributed by atoms with Gasteiger partial charge in [-0.15, -0.1) is 35.3 Å². The van der Waals surface area contributed by atoms with Crippen molar-refractivity contribution in [2.45, 2.75) is 73.1 Å². The molecule has 0 aliphatic carbocycles. The van der Waals surface area contributed by atoms with Crippen molar-refractivity contribution in [3.8, 4) is 0 Å². The summed E-state index contributed by atoms with van der Waals surface area (Å²) >= 11 is 5.21. The molecule has 4 aliphatic rings. The lowest BCUT2D eigenvalue weighted by atomic mass is 9.94. The monoisotopic (exact) mass is 473 g/mol. The number of hydrogen-bond acceptors (Lipinski definition) is 8. The van der Waals surface area contributed by atoms with Crippen LogP contribution in [0.4, 0.5) is 0 Å². The van der Waals surface area contributed by atoms with E-state index in [1.165, 1.54) is 12.8 Å². The minimum absolute atomic E-state index is 0.00667. The molecule has 4 aliphatic heterocycles. The van der Waals surface area contributed by atoms with Gasteiger partial charge in [-0.05, 0) is 31.6 Å². The molecule has 0 aromatic carbocycles. The van der Waals surface area contributed by atoms with Crippen LogP contribution in [0.1, 0.15) is 39.5 Å². The van der Waals surface area contributed by atoms with Gasteiger partial charge < -0.3 is 10.6 Å². The second-order valence-corrected chi connectivity index (χ2v) is 12.3. The summed E-state index contributed by atoms with van der Waals surface area (Å²) in [7, 11) is 0. The first-order chi connectivity index (χ1) is 14.6. The zero-order valence-electron chi connectivity index (χ0n) is 17.9. The number of nitrogens with one attached hydrogen (secondary N) is 4. The summed E-state index contributed by atoms with van der Waals surface area (Å²) in [6, 6.07) is 1.01. The zero-order valence-corrected chi connectivity index (χ0v) is 20.3. The predicted octanol–water partition coefficient (Wildman–Crippen LogP) is 1.21. The normalized spacial score (nSPS) is 39.1. The van der Waals surface area contributed by atoms with E-state index in [2.05, 4.69) is 40.0 Å². The lowest BCUT2D eigenvalue weighted by Gasteiger charge is -2.40. The van der Waals surface area contributed by atoms with Gasteiger partial charge in [0.15, 0.2) is 0 Å². The van der Waals surface area contributed by atoms with Gasteiger partial charge in [0.25, 0.3) is 0 Å². The highest BCUT2D eigenvalue weighted by molar-refractivity contribution is 8.01. The molecule has 10 heteroatoms. The third kappa shape index (κ3) is 5.26. The number of hydrogen-bond donors (Lipinski definition) is 4. The van der Waals surface area contributed by atoms with Crippen LogP contribution in [0.3, 0.4) is 0 Å². The van der Waals surface area contributed by atoms with Crippen molar-refractivity contribution >= 4 is 47.1 Å². The molecule has 0 bridgehead atoms. The summed E-state index contributed by atoms with van der Waals surface area (Å²) in [4.78, 5) is 28.3. The van der Waals surface area contributed by atoms with E-state index in [1.54, 1.807) is 35.3 Å². The highest BCUT2D eigenvalue weighted by Crippen LogP contribution is 2.37. The summed E-state index contributed by atoms with van der Waals surface area (Å²) < 4.78 is 0. The van der Waals surface area contributed by atoms with Crippen LogP contribution in [0.15, 0.2) is 0 Å². The summed E-state index contributed by atoms with van der Waals surface area (Å²) in [6.07, 6.45) is 4.42. The van der Waals surface area contributed by atoms with Gasteiger partial charge in [-0.3, -0.25) is 25.1 Å². The Balaban J connectivity index is 1.30. The number of amides is 2.